The molecular formula is C14H17ClN4O. The number of hydrogen-bond acceptors (Lipinski definition) is 3. The Morgan fingerprint density at radius 3 is 3.00 bits per heavy atom. The second-order valence-corrected chi connectivity index (χ2v) is 5.67. The van der Waals surface area contributed by atoms with Crippen LogP contribution in [0.25, 0.3) is 5.65 Å². The maximum absolute atomic E-state index is 11.8. The maximum Gasteiger partial charge on any atom is 0.220 e. The molecule has 0 spiro atoms. The van der Waals surface area contributed by atoms with Gasteiger partial charge in [0.2, 0.25) is 5.91 Å². The van der Waals surface area contributed by atoms with Crippen molar-refractivity contribution in [3.05, 3.63) is 28.7 Å². The predicted molar refractivity (Wildman–Crippen MR) is 76.7 cm³/mol. The zero-order chi connectivity index (χ0) is 14.3. The van der Waals surface area contributed by atoms with Crippen molar-refractivity contribution in [2.75, 3.05) is 6.54 Å². The highest BCUT2D eigenvalue weighted by atomic mass is 35.5. The molecule has 2 aromatic rings. The molecule has 0 radical (unpaired) electrons. The van der Waals surface area contributed by atoms with Crippen LogP contribution in [0, 0.1) is 6.92 Å². The zero-order valence-corrected chi connectivity index (χ0v) is 12.4. The van der Waals surface area contributed by atoms with Crippen molar-refractivity contribution in [2.24, 2.45) is 0 Å². The van der Waals surface area contributed by atoms with E-state index in [-0.39, 0.29) is 11.9 Å². The summed E-state index contributed by atoms with van der Waals surface area (Å²) in [6, 6.07) is 1.99. The van der Waals surface area contributed by atoms with Crippen molar-refractivity contribution in [1.29, 1.82) is 0 Å². The van der Waals surface area contributed by atoms with Crippen LogP contribution in [0.1, 0.15) is 43.5 Å². The summed E-state index contributed by atoms with van der Waals surface area (Å²) in [5.74, 6) is 0.105. The summed E-state index contributed by atoms with van der Waals surface area (Å²) in [6.07, 6.45) is 5.01. The zero-order valence-electron chi connectivity index (χ0n) is 11.6. The Morgan fingerprint density at radius 2 is 2.25 bits per heavy atom. The highest BCUT2D eigenvalue weighted by Gasteiger charge is 2.28. The Kier molecular flexibility index (Phi) is 3.38. The van der Waals surface area contributed by atoms with Crippen LogP contribution in [0.3, 0.4) is 0 Å². The van der Waals surface area contributed by atoms with Crippen LogP contribution in [0.5, 0.6) is 0 Å². The summed E-state index contributed by atoms with van der Waals surface area (Å²) in [6.45, 7) is 4.33. The van der Waals surface area contributed by atoms with Gasteiger partial charge in [0.25, 0.3) is 0 Å². The number of piperidine rings is 1. The molecule has 1 amide bonds. The summed E-state index contributed by atoms with van der Waals surface area (Å²) in [7, 11) is 0. The van der Waals surface area contributed by atoms with E-state index >= 15 is 0 Å². The lowest BCUT2D eigenvalue weighted by Gasteiger charge is -2.33. The number of hydrogen-bond donors (Lipinski definition) is 0. The summed E-state index contributed by atoms with van der Waals surface area (Å²) >= 11 is 6.05. The van der Waals surface area contributed by atoms with E-state index in [0.29, 0.717) is 5.15 Å². The number of likely N-dealkylation sites (tertiary alicyclic amines) is 1. The van der Waals surface area contributed by atoms with Gasteiger partial charge in [-0.1, -0.05) is 11.6 Å². The Morgan fingerprint density at radius 1 is 1.45 bits per heavy atom. The highest BCUT2D eigenvalue weighted by Crippen LogP contribution is 2.30. The van der Waals surface area contributed by atoms with Crippen LogP contribution >= 0.6 is 11.6 Å². The summed E-state index contributed by atoms with van der Waals surface area (Å²) in [4.78, 5) is 18.0. The number of rotatable bonds is 1. The number of aryl methyl sites for hydroxylation is 1. The van der Waals surface area contributed by atoms with Gasteiger partial charge in [0.1, 0.15) is 5.15 Å². The first-order valence-electron chi connectivity index (χ1n) is 6.86. The number of halogens is 1. The molecule has 0 N–H and O–H groups in total. The molecule has 3 rings (SSSR count). The Hall–Kier alpha value is -1.62. The summed E-state index contributed by atoms with van der Waals surface area (Å²) in [5, 5.41) is 5.07. The van der Waals surface area contributed by atoms with Crippen LogP contribution < -0.4 is 0 Å². The summed E-state index contributed by atoms with van der Waals surface area (Å²) in [5.41, 5.74) is 2.51. The third kappa shape index (κ3) is 2.26. The van der Waals surface area contributed by atoms with Crippen molar-refractivity contribution < 1.29 is 4.79 Å². The van der Waals surface area contributed by atoms with Crippen LogP contribution in [-0.4, -0.2) is 31.9 Å². The van der Waals surface area contributed by atoms with Crippen molar-refractivity contribution in [2.45, 2.75) is 39.2 Å². The van der Waals surface area contributed by atoms with Crippen LogP contribution in [-0.2, 0) is 4.79 Å². The average molecular weight is 293 g/mol. The van der Waals surface area contributed by atoms with Gasteiger partial charge in [-0.2, -0.15) is 5.10 Å². The Balaban J connectivity index is 2.02. The molecule has 1 fully saturated rings. The molecule has 5 nitrogen and oxygen atoms in total. The molecule has 20 heavy (non-hydrogen) atoms. The van der Waals surface area contributed by atoms with Gasteiger partial charge in [-0.3, -0.25) is 4.79 Å². The molecule has 1 aliphatic heterocycles. The Bertz CT molecular complexity index is 627. The molecule has 2 aromatic heterocycles. The van der Waals surface area contributed by atoms with E-state index in [0.717, 1.165) is 42.7 Å². The van der Waals surface area contributed by atoms with E-state index in [1.54, 1.807) is 11.4 Å². The maximum atomic E-state index is 11.8. The van der Waals surface area contributed by atoms with Crippen LogP contribution in [0.15, 0.2) is 12.3 Å². The second-order valence-electron chi connectivity index (χ2n) is 5.31. The fourth-order valence-electron chi connectivity index (χ4n) is 2.79. The molecule has 1 aliphatic rings. The smallest absolute Gasteiger partial charge is 0.220 e. The largest absolute Gasteiger partial charge is 0.334 e. The normalized spacial score (nSPS) is 19.6. The Labute approximate surface area is 122 Å². The number of aromatic nitrogens is 3. The molecule has 3 heterocycles. The van der Waals surface area contributed by atoms with E-state index in [1.165, 1.54) is 0 Å². The van der Waals surface area contributed by atoms with Gasteiger partial charge in [-0.25, -0.2) is 9.50 Å². The minimum Gasteiger partial charge on any atom is -0.334 e. The fourth-order valence-corrected chi connectivity index (χ4v) is 2.92. The van der Waals surface area contributed by atoms with Crippen molar-refractivity contribution >= 4 is 23.2 Å². The third-order valence-electron chi connectivity index (χ3n) is 3.84. The molecule has 0 aliphatic carbocycles. The lowest BCUT2D eigenvalue weighted by Crippen LogP contribution is -2.37. The number of amides is 1. The molecule has 1 saturated heterocycles. The first-order chi connectivity index (χ1) is 9.56. The van der Waals surface area contributed by atoms with Gasteiger partial charge in [0.15, 0.2) is 5.65 Å². The standard InChI is InChI=1S/C14H17ClN4O/c1-9-8-19-13(16-14(9)15)7-11(17-19)12-5-3-4-6-18(12)10(2)20/h7-8,12H,3-6H2,1-2H3/t12-/m0/s1. The molecule has 1 atom stereocenters. The molecule has 0 aromatic carbocycles. The first-order valence-corrected chi connectivity index (χ1v) is 7.23. The highest BCUT2D eigenvalue weighted by molar-refractivity contribution is 6.30. The monoisotopic (exact) mass is 292 g/mol. The average Bonchev–Trinajstić information content (AvgIpc) is 2.82. The van der Waals surface area contributed by atoms with Crippen LogP contribution in [0.4, 0.5) is 0 Å². The van der Waals surface area contributed by atoms with Gasteiger partial charge in [-0.05, 0) is 26.2 Å². The summed E-state index contributed by atoms with van der Waals surface area (Å²) < 4.78 is 1.74. The predicted octanol–water partition coefficient (Wildman–Crippen LogP) is 2.76. The van der Waals surface area contributed by atoms with E-state index < -0.39 is 0 Å². The van der Waals surface area contributed by atoms with Gasteiger partial charge >= 0.3 is 0 Å². The number of fused-ring (bicyclic) bond motifs is 1. The van der Waals surface area contributed by atoms with E-state index in [2.05, 4.69) is 10.1 Å². The molecule has 6 heteroatoms. The molecule has 0 bridgehead atoms. The number of nitrogens with zero attached hydrogens (tertiary/aromatic N) is 4. The topological polar surface area (TPSA) is 50.5 Å². The quantitative estimate of drug-likeness (QED) is 0.760. The minimum absolute atomic E-state index is 0.0574. The fraction of sp³-hybridized carbons (Fsp3) is 0.500. The van der Waals surface area contributed by atoms with E-state index in [1.807, 2.05) is 24.1 Å². The van der Waals surface area contributed by atoms with Gasteiger partial charge < -0.3 is 4.90 Å². The molecule has 0 saturated carbocycles. The van der Waals surface area contributed by atoms with E-state index in [4.69, 9.17) is 11.6 Å². The lowest BCUT2D eigenvalue weighted by molar-refractivity contribution is -0.132. The van der Waals surface area contributed by atoms with Crippen molar-refractivity contribution in [3.63, 3.8) is 0 Å². The molecule has 0 unspecified atom stereocenters. The van der Waals surface area contributed by atoms with E-state index in [9.17, 15) is 4.79 Å². The van der Waals surface area contributed by atoms with Crippen molar-refractivity contribution in [3.8, 4) is 0 Å². The SMILES string of the molecule is CC(=O)N1CCCC[C@H]1c1cc2nc(Cl)c(C)cn2n1. The van der Waals surface area contributed by atoms with Gasteiger partial charge in [0.05, 0.1) is 11.7 Å². The van der Waals surface area contributed by atoms with Crippen LogP contribution in [0.2, 0.25) is 5.15 Å². The van der Waals surface area contributed by atoms with Gasteiger partial charge in [-0.15, -0.1) is 0 Å². The number of carbonyl (C=O) groups excluding carboxylic acids is 1. The lowest BCUT2D eigenvalue weighted by atomic mass is 9.99. The minimum atomic E-state index is 0.0574. The number of carbonyl (C=O) groups is 1. The molecular weight excluding hydrogens is 276 g/mol. The molecule has 106 valence electrons. The first kappa shape index (κ1) is 13.4. The third-order valence-corrected chi connectivity index (χ3v) is 4.22. The van der Waals surface area contributed by atoms with Crippen molar-refractivity contribution in [1.82, 2.24) is 19.5 Å². The van der Waals surface area contributed by atoms with Gasteiger partial charge in [0, 0.05) is 31.3 Å². The second kappa shape index (κ2) is 5.05.